The zero-order valence-electron chi connectivity index (χ0n) is 9.67. The quantitative estimate of drug-likeness (QED) is 0.828. The van der Waals surface area contributed by atoms with Crippen LogP contribution in [0.5, 0.6) is 0 Å². The summed E-state index contributed by atoms with van der Waals surface area (Å²) in [6.45, 7) is 0.678. The third-order valence-electron chi connectivity index (χ3n) is 2.46. The Kier molecular flexibility index (Phi) is 3.09. The third kappa shape index (κ3) is 2.63. The molecule has 0 aromatic carbocycles. The summed E-state index contributed by atoms with van der Waals surface area (Å²) in [5.74, 6) is 1.14. The lowest BCUT2D eigenvalue weighted by molar-refractivity contribution is 0.867. The summed E-state index contributed by atoms with van der Waals surface area (Å²) in [7, 11) is 1.94. The fourth-order valence-corrected chi connectivity index (χ4v) is 1.50. The van der Waals surface area contributed by atoms with Crippen molar-refractivity contribution in [2.75, 3.05) is 23.4 Å². The van der Waals surface area contributed by atoms with E-state index in [1.807, 2.05) is 36.2 Å². The van der Waals surface area contributed by atoms with Crippen LogP contribution in [-0.2, 0) is 6.54 Å². The average Bonchev–Trinajstić information content (AvgIpc) is 2.34. The molecule has 5 heteroatoms. The lowest BCUT2D eigenvalue weighted by Gasteiger charge is -2.18. The number of pyridine rings is 2. The van der Waals surface area contributed by atoms with Gasteiger partial charge in [0.2, 0.25) is 0 Å². The minimum absolute atomic E-state index is 0.357. The first kappa shape index (κ1) is 11.2. The van der Waals surface area contributed by atoms with Gasteiger partial charge in [-0.2, -0.15) is 0 Å². The molecule has 2 aromatic rings. The van der Waals surface area contributed by atoms with Gasteiger partial charge in [0.05, 0.1) is 17.9 Å². The Morgan fingerprint density at radius 1 is 1.18 bits per heavy atom. The molecule has 0 spiro atoms. The molecular weight excluding hydrogens is 214 g/mol. The van der Waals surface area contributed by atoms with Crippen LogP contribution in [0.2, 0.25) is 0 Å². The summed E-state index contributed by atoms with van der Waals surface area (Å²) in [5.41, 5.74) is 12.8. The molecule has 0 radical (unpaired) electrons. The maximum absolute atomic E-state index is 5.67. The Labute approximate surface area is 100 Å². The Morgan fingerprint density at radius 3 is 2.65 bits per heavy atom. The number of hydrogen-bond acceptors (Lipinski definition) is 5. The highest BCUT2D eigenvalue weighted by atomic mass is 15.2. The Bertz CT molecular complexity index is 498. The molecule has 0 amide bonds. The molecule has 0 fully saturated rings. The standard InChI is InChI=1S/C12H15N5/c1-17(8-9-4-2-3-7-15-9)11-6-5-10(13)12(14)16-11/h2-7H,8,13H2,1H3,(H2,14,16). The SMILES string of the molecule is CN(Cc1ccccn1)c1ccc(N)c(N)n1. The van der Waals surface area contributed by atoms with Crippen molar-refractivity contribution in [3.05, 3.63) is 42.2 Å². The second-order valence-electron chi connectivity index (χ2n) is 3.82. The van der Waals surface area contributed by atoms with E-state index in [0.717, 1.165) is 11.5 Å². The summed E-state index contributed by atoms with van der Waals surface area (Å²) in [4.78, 5) is 10.4. The maximum Gasteiger partial charge on any atom is 0.149 e. The highest BCUT2D eigenvalue weighted by Crippen LogP contribution is 2.18. The second-order valence-corrected chi connectivity index (χ2v) is 3.82. The third-order valence-corrected chi connectivity index (χ3v) is 2.46. The summed E-state index contributed by atoms with van der Waals surface area (Å²) in [6.07, 6.45) is 1.77. The molecule has 2 rings (SSSR count). The Balaban J connectivity index is 2.14. The largest absolute Gasteiger partial charge is 0.396 e. The van der Waals surface area contributed by atoms with Crippen LogP contribution in [0.4, 0.5) is 17.3 Å². The van der Waals surface area contributed by atoms with Gasteiger partial charge < -0.3 is 16.4 Å². The number of aromatic nitrogens is 2. The number of rotatable bonds is 3. The van der Waals surface area contributed by atoms with E-state index in [1.54, 1.807) is 12.3 Å². The molecule has 0 saturated heterocycles. The summed E-state index contributed by atoms with van der Waals surface area (Å²) in [5, 5.41) is 0. The molecule has 0 atom stereocenters. The van der Waals surface area contributed by atoms with Gasteiger partial charge in [-0.25, -0.2) is 4.98 Å². The maximum atomic E-state index is 5.67. The monoisotopic (exact) mass is 229 g/mol. The van der Waals surface area contributed by atoms with E-state index in [0.29, 0.717) is 18.1 Å². The van der Waals surface area contributed by atoms with Crippen molar-refractivity contribution in [3.8, 4) is 0 Å². The van der Waals surface area contributed by atoms with Crippen LogP contribution in [0.1, 0.15) is 5.69 Å². The van der Waals surface area contributed by atoms with Crippen LogP contribution in [0.15, 0.2) is 36.5 Å². The van der Waals surface area contributed by atoms with E-state index >= 15 is 0 Å². The van der Waals surface area contributed by atoms with E-state index in [4.69, 9.17) is 11.5 Å². The topological polar surface area (TPSA) is 81.1 Å². The van der Waals surface area contributed by atoms with E-state index in [-0.39, 0.29) is 0 Å². The summed E-state index contributed by atoms with van der Waals surface area (Å²) >= 11 is 0. The Hall–Kier alpha value is -2.30. The van der Waals surface area contributed by atoms with Gasteiger partial charge in [-0.1, -0.05) is 6.07 Å². The van der Waals surface area contributed by atoms with E-state index in [9.17, 15) is 0 Å². The highest BCUT2D eigenvalue weighted by Gasteiger charge is 2.05. The van der Waals surface area contributed by atoms with Gasteiger partial charge >= 0.3 is 0 Å². The van der Waals surface area contributed by atoms with Crippen LogP contribution < -0.4 is 16.4 Å². The lowest BCUT2D eigenvalue weighted by Crippen LogP contribution is -2.19. The molecule has 0 unspecified atom stereocenters. The molecule has 17 heavy (non-hydrogen) atoms. The fourth-order valence-electron chi connectivity index (χ4n) is 1.50. The van der Waals surface area contributed by atoms with Crippen molar-refractivity contribution in [1.82, 2.24) is 9.97 Å². The van der Waals surface area contributed by atoms with Crippen molar-refractivity contribution in [3.63, 3.8) is 0 Å². The van der Waals surface area contributed by atoms with Gasteiger partial charge in [0.15, 0.2) is 0 Å². The first-order chi connectivity index (χ1) is 8.16. The molecule has 0 bridgehead atoms. The predicted octanol–water partition coefficient (Wildman–Crippen LogP) is 1.28. The van der Waals surface area contributed by atoms with Gasteiger partial charge in [0.25, 0.3) is 0 Å². The van der Waals surface area contributed by atoms with Crippen LogP contribution in [0.3, 0.4) is 0 Å². The number of nitrogen functional groups attached to an aromatic ring is 2. The molecule has 88 valence electrons. The normalized spacial score (nSPS) is 10.2. The van der Waals surface area contributed by atoms with Crippen molar-refractivity contribution in [2.24, 2.45) is 0 Å². The molecule has 4 N–H and O–H groups in total. The van der Waals surface area contributed by atoms with Crippen molar-refractivity contribution in [2.45, 2.75) is 6.54 Å². The minimum Gasteiger partial charge on any atom is -0.396 e. The fraction of sp³-hybridized carbons (Fsp3) is 0.167. The van der Waals surface area contributed by atoms with Crippen LogP contribution in [0, 0.1) is 0 Å². The molecule has 0 aliphatic heterocycles. The summed E-state index contributed by atoms with van der Waals surface area (Å²) < 4.78 is 0. The van der Waals surface area contributed by atoms with Gasteiger partial charge in [-0.3, -0.25) is 4.98 Å². The number of nitrogens with two attached hydrogens (primary N) is 2. The second kappa shape index (κ2) is 4.69. The van der Waals surface area contributed by atoms with E-state index in [2.05, 4.69) is 9.97 Å². The zero-order chi connectivity index (χ0) is 12.3. The van der Waals surface area contributed by atoms with Gasteiger partial charge in [-0.15, -0.1) is 0 Å². The number of hydrogen-bond donors (Lipinski definition) is 2. The number of nitrogens with zero attached hydrogens (tertiary/aromatic N) is 3. The minimum atomic E-state index is 0.357. The van der Waals surface area contributed by atoms with Crippen LogP contribution in [-0.4, -0.2) is 17.0 Å². The van der Waals surface area contributed by atoms with E-state index < -0.39 is 0 Å². The molecular formula is C12H15N5. The molecule has 2 aromatic heterocycles. The van der Waals surface area contributed by atoms with Crippen LogP contribution >= 0.6 is 0 Å². The van der Waals surface area contributed by atoms with Gasteiger partial charge in [-0.05, 0) is 24.3 Å². The highest BCUT2D eigenvalue weighted by molar-refractivity contribution is 5.62. The molecule has 0 saturated carbocycles. The van der Waals surface area contributed by atoms with Gasteiger partial charge in [0.1, 0.15) is 11.6 Å². The zero-order valence-corrected chi connectivity index (χ0v) is 9.67. The molecule has 0 aliphatic carbocycles. The predicted molar refractivity (Wildman–Crippen MR) is 69.4 cm³/mol. The summed E-state index contributed by atoms with van der Waals surface area (Å²) in [6, 6.07) is 9.42. The first-order valence-electron chi connectivity index (χ1n) is 5.30. The van der Waals surface area contributed by atoms with Crippen molar-refractivity contribution >= 4 is 17.3 Å². The molecule has 2 heterocycles. The smallest absolute Gasteiger partial charge is 0.149 e. The van der Waals surface area contributed by atoms with Crippen LogP contribution in [0.25, 0.3) is 0 Å². The van der Waals surface area contributed by atoms with Crippen molar-refractivity contribution < 1.29 is 0 Å². The van der Waals surface area contributed by atoms with E-state index in [1.165, 1.54) is 0 Å². The molecule has 0 aliphatic rings. The average molecular weight is 229 g/mol. The number of anilines is 3. The Morgan fingerprint density at radius 2 is 2.00 bits per heavy atom. The molecule has 5 nitrogen and oxygen atoms in total. The lowest BCUT2D eigenvalue weighted by atomic mass is 10.3. The van der Waals surface area contributed by atoms with Gasteiger partial charge in [0, 0.05) is 13.2 Å². The first-order valence-corrected chi connectivity index (χ1v) is 5.30. The van der Waals surface area contributed by atoms with Crippen molar-refractivity contribution in [1.29, 1.82) is 0 Å².